The first-order valence-corrected chi connectivity index (χ1v) is 40.5. The molecule has 570 valence electrons. The second-order valence-electron chi connectivity index (χ2n) is 34.2. The third-order valence-electron chi connectivity index (χ3n) is 23.5. The maximum atomic E-state index is 5.75. The minimum absolute atomic E-state index is 0.287. The Kier molecular flexibility index (Phi) is 18.9. The van der Waals surface area contributed by atoms with Gasteiger partial charge < -0.3 is 19.9 Å². The van der Waals surface area contributed by atoms with E-state index in [1.54, 1.807) is 0 Å². The molecule has 0 saturated heterocycles. The molecule has 4 aliphatic rings. The molecule has 0 saturated carbocycles. The largest absolute Gasteiger partial charge is 0.354 e. The first-order valence-electron chi connectivity index (χ1n) is 40.5. The number of hydrogen-bond donors (Lipinski definition) is 4. The molecule has 116 heavy (non-hydrogen) atoms. The lowest BCUT2D eigenvalue weighted by Gasteiger charge is -2.19. The van der Waals surface area contributed by atoms with E-state index in [9.17, 15) is 0 Å². The molecule has 0 amide bonds. The summed E-state index contributed by atoms with van der Waals surface area (Å²) in [7, 11) is 0. The first kappa shape index (κ1) is 75.5. The van der Waals surface area contributed by atoms with E-state index < -0.39 is 0 Å². The molecular weight excluding hydrogens is 1410 g/mol. The smallest absolute Gasteiger partial charge is 0.0815 e. The summed E-state index contributed by atoms with van der Waals surface area (Å²) in [6, 6.07) is 51.6. The molecule has 13 aromatic rings. The number of hydrogen-bond acceptors (Lipinski definition) is 4. The van der Waals surface area contributed by atoms with Gasteiger partial charge in [0.2, 0.25) is 0 Å². The number of aromatic amines is 4. The molecule has 4 aliphatic heterocycles. The summed E-state index contributed by atoms with van der Waals surface area (Å²) in [6.45, 7) is 46.4. The van der Waals surface area contributed by atoms with Crippen molar-refractivity contribution in [3.05, 3.63) is 313 Å². The zero-order valence-electron chi connectivity index (χ0n) is 70.7. The molecule has 8 nitrogen and oxygen atoms in total. The number of H-pyrrole nitrogens is 4. The van der Waals surface area contributed by atoms with Crippen LogP contribution < -0.4 is 0 Å². The number of nitrogens with zero attached hydrogens (tertiary/aromatic N) is 4. The Morgan fingerprint density at radius 1 is 0.207 bits per heavy atom. The molecule has 17 rings (SSSR count). The monoisotopic (exact) mass is 1510 g/mol. The van der Waals surface area contributed by atoms with Crippen LogP contribution in [0.25, 0.3) is 160 Å². The van der Waals surface area contributed by atoms with E-state index in [2.05, 4.69) is 377 Å². The van der Waals surface area contributed by atoms with Crippen molar-refractivity contribution in [3.63, 3.8) is 0 Å². The fourth-order valence-electron chi connectivity index (χ4n) is 19.2. The quantitative estimate of drug-likeness (QED) is 0.124. The van der Waals surface area contributed by atoms with E-state index in [1.807, 2.05) is 0 Å². The summed E-state index contributed by atoms with van der Waals surface area (Å²) in [5.41, 5.74) is 52.4. The van der Waals surface area contributed by atoms with Gasteiger partial charge in [0, 0.05) is 77.6 Å². The van der Waals surface area contributed by atoms with E-state index in [-0.39, 0.29) is 5.41 Å². The van der Waals surface area contributed by atoms with Crippen molar-refractivity contribution in [3.8, 4) is 90.4 Å². The van der Waals surface area contributed by atoms with Gasteiger partial charge in [-0.15, -0.1) is 0 Å². The highest BCUT2D eigenvalue weighted by Crippen LogP contribution is 2.46. The Bertz CT molecular complexity index is 6470. The lowest BCUT2D eigenvalue weighted by atomic mass is 9.85. The van der Waals surface area contributed by atoms with Gasteiger partial charge in [-0.3, -0.25) is 0 Å². The molecule has 0 aliphatic carbocycles. The average molecular weight is 1510 g/mol. The SMILES string of the molecule is Cc1cc(C)c(-c2c3nc(c(-c4c(C)cc(C)cc4C)c4ccc([nH]4)c(-c4c(C)cc(C)cc4C)c4nc(c(C#Cc5cc(C#Cc6c7nc(c(-c8c(C)cc(C)cc8C)c8ccc([nH]8)c(-c8c(C)cc(C)cc8C)c8nc(c(-c9c(C)cc(C)cc9C)c9ccc6[nH]9)C=C8)C=C7)cc(C(C)(C)C)c5)c5ccc2[nH]5)C=C4)C=C3)c(C)c1. The van der Waals surface area contributed by atoms with E-state index in [0.717, 1.165) is 184 Å². The maximum Gasteiger partial charge on any atom is 0.0815 e. The Labute approximate surface area is 682 Å². The third kappa shape index (κ3) is 13.7. The first-order chi connectivity index (χ1) is 55.5. The van der Waals surface area contributed by atoms with Gasteiger partial charge in [-0.25, -0.2) is 19.9 Å². The molecule has 4 N–H and O–H groups in total. The molecule has 0 unspecified atom stereocenters. The van der Waals surface area contributed by atoms with Crippen LogP contribution in [0.3, 0.4) is 0 Å². The molecular formula is C108H98N8. The topological polar surface area (TPSA) is 115 Å². The molecule has 0 spiro atoms. The average Bonchev–Trinajstić information content (AvgIpc) is 1.60. The number of aromatic nitrogens is 8. The van der Waals surface area contributed by atoms with Crippen molar-refractivity contribution < 1.29 is 0 Å². The van der Waals surface area contributed by atoms with Crippen LogP contribution >= 0.6 is 0 Å². The Morgan fingerprint density at radius 2 is 0.388 bits per heavy atom. The van der Waals surface area contributed by atoms with E-state index in [1.165, 1.54) is 100 Å². The summed E-state index contributed by atoms with van der Waals surface area (Å²) in [5.74, 6) is 15.2. The second kappa shape index (κ2) is 29.1. The van der Waals surface area contributed by atoms with Crippen LogP contribution in [0, 0.1) is 148 Å². The lowest BCUT2D eigenvalue weighted by molar-refractivity contribution is 0.590. The fourth-order valence-corrected chi connectivity index (χ4v) is 19.2. The van der Waals surface area contributed by atoms with Crippen LogP contribution in [-0.2, 0) is 5.41 Å². The van der Waals surface area contributed by atoms with Crippen LogP contribution in [-0.4, -0.2) is 39.9 Å². The Hall–Kier alpha value is -13.1. The number of nitrogens with one attached hydrogen (secondary N) is 4. The predicted octanol–water partition coefficient (Wildman–Crippen LogP) is 27.3. The van der Waals surface area contributed by atoms with Crippen molar-refractivity contribution in [1.29, 1.82) is 0 Å². The molecule has 7 aromatic carbocycles. The number of rotatable bonds is 6. The fraction of sp³-hybridized carbons (Fsp3) is 0.204. The number of benzene rings is 7. The second-order valence-corrected chi connectivity index (χ2v) is 34.2. The summed E-state index contributed by atoms with van der Waals surface area (Å²) >= 11 is 0. The third-order valence-corrected chi connectivity index (χ3v) is 23.5. The predicted molar refractivity (Wildman–Crippen MR) is 493 cm³/mol. The van der Waals surface area contributed by atoms with Crippen LogP contribution in [0.1, 0.15) is 194 Å². The number of fused-ring (bicyclic) bond motifs is 16. The Balaban J connectivity index is 0.924. The lowest BCUT2D eigenvalue weighted by Crippen LogP contribution is -2.11. The molecule has 10 heterocycles. The minimum atomic E-state index is -0.287. The summed E-state index contributed by atoms with van der Waals surface area (Å²) in [6.07, 6.45) is 17.4. The summed E-state index contributed by atoms with van der Waals surface area (Å²) in [5, 5.41) is 0. The minimum Gasteiger partial charge on any atom is -0.354 e. The Morgan fingerprint density at radius 3 is 0.595 bits per heavy atom. The van der Waals surface area contributed by atoms with Crippen molar-refractivity contribution in [1.82, 2.24) is 39.9 Å². The van der Waals surface area contributed by atoms with Crippen LogP contribution in [0.5, 0.6) is 0 Å². The van der Waals surface area contributed by atoms with Gasteiger partial charge in [0.15, 0.2) is 0 Å². The van der Waals surface area contributed by atoms with Gasteiger partial charge in [-0.05, 0) is 351 Å². The molecule has 6 aromatic heterocycles. The summed E-state index contributed by atoms with van der Waals surface area (Å²) < 4.78 is 0. The van der Waals surface area contributed by atoms with E-state index in [0.29, 0.717) is 0 Å². The van der Waals surface area contributed by atoms with Crippen LogP contribution in [0.2, 0.25) is 0 Å². The van der Waals surface area contributed by atoms with Crippen LogP contribution in [0.4, 0.5) is 0 Å². The highest BCUT2D eigenvalue weighted by molar-refractivity contribution is 6.03. The van der Waals surface area contributed by atoms with Crippen molar-refractivity contribution >= 4 is 92.7 Å². The van der Waals surface area contributed by atoms with Gasteiger partial charge in [0.05, 0.1) is 67.7 Å². The van der Waals surface area contributed by atoms with Gasteiger partial charge in [0.1, 0.15) is 0 Å². The highest BCUT2D eigenvalue weighted by Gasteiger charge is 2.27. The highest BCUT2D eigenvalue weighted by atomic mass is 14.8. The zero-order chi connectivity index (χ0) is 81.4. The van der Waals surface area contributed by atoms with E-state index >= 15 is 0 Å². The molecule has 0 atom stereocenters. The van der Waals surface area contributed by atoms with Crippen LogP contribution in [0.15, 0.2) is 140 Å². The van der Waals surface area contributed by atoms with Gasteiger partial charge in [-0.1, -0.05) is 151 Å². The zero-order valence-corrected chi connectivity index (χ0v) is 70.7. The molecule has 16 bridgehead atoms. The maximum absolute atomic E-state index is 5.75. The van der Waals surface area contributed by atoms with E-state index in [4.69, 9.17) is 19.9 Å². The van der Waals surface area contributed by atoms with Crippen molar-refractivity contribution in [2.24, 2.45) is 0 Å². The van der Waals surface area contributed by atoms with Gasteiger partial charge in [0.25, 0.3) is 0 Å². The van der Waals surface area contributed by atoms with Crippen molar-refractivity contribution in [2.75, 3.05) is 0 Å². The van der Waals surface area contributed by atoms with Crippen molar-refractivity contribution in [2.45, 2.75) is 151 Å². The van der Waals surface area contributed by atoms with Gasteiger partial charge in [-0.2, -0.15) is 0 Å². The molecule has 0 fully saturated rings. The normalized spacial score (nSPS) is 12.2. The molecule has 8 heteroatoms. The summed E-state index contributed by atoms with van der Waals surface area (Å²) in [4.78, 5) is 39.1. The standard InChI is InChI=1S/C108H98N8/c1-57-42-63(7)96(64(8)43-57)102-84-30-26-80(109-84)78(81-27-31-85(110-81)103(97-65(9)44-58(2)45-66(97)10)89-35-39-93(114-89)106(92-38-34-88(102)113-92)100-71(15)50-61(5)51-72(100)16)24-22-75-54-76(56-77(55-75)108(19,20)21)23-25-79-82-28-32-86(111-82)104(98-67(11)46-59(3)47-68(98)12)90-36-40-94(115-90)107(101-73(17)52-62(6)53-74(101)18)95-41-37-91(116-95)105(87-33-29-83(79)112-87)99-69(13)48-60(4)49-70(99)14/h26-56,109,111,114,116H,1-21H3. The van der Waals surface area contributed by atoms with Gasteiger partial charge >= 0.3 is 0 Å². The molecule has 0 radical (unpaired) electrons. The number of aryl methyl sites for hydroxylation is 18.